The molecule has 3 heteroatoms. The number of phenolic OH excluding ortho intramolecular Hbond substituents is 1. The quantitative estimate of drug-likeness (QED) is 0.608. The van der Waals surface area contributed by atoms with Gasteiger partial charge in [0.05, 0.1) is 6.10 Å². The van der Waals surface area contributed by atoms with Gasteiger partial charge in [0, 0.05) is 0 Å². The Bertz CT molecular complexity index is 742. The maximum Gasteiger partial charge on any atom is 0.115 e. The van der Waals surface area contributed by atoms with Crippen molar-refractivity contribution in [3.05, 3.63) is 29.3 Å². The summed E-state index contributed by atoms with van der Waals surface area (Å²) in [7, 11) is 0. The zero-order valence-electron chi connectivity index (χ0n) is 18.9. The van der Waals surface area contributed by atoms with Crippen molar-refractivity contribution in [1.29, 1.82) is 0 Å². The summed E-state index contributed by atoms with van der Waals surface area (Å²) in [5, 5.41) is 20.9. The third-order valence-electron chi connectivity index (χ3n) is 9.53. The van der Waals surface area contributed by atoms with Crippen LogP contribution in [0.2, 0.25) is 0 Å². The van der Waals surface area contributed by atoms with Gasteiger partial charge < -0.3 is 15.1 Å². The molecule has 5 unspecified atom stereocenters. The van der Waals surface area contributed by atoms with E-state index in [4.69, 9.17) is 0 Å². The molecule has 0 bridgehead atoms. The van der Waals surface area contributed by atoms with Gasteiger partial charge in [-0.3, -0.25) is 0 Å². The molecule has 3 aliphatic carbocycles. The van der Waals surface area contributed by atoms with Crippen molar-refractivity contribution in [3.8, 4) is 5.75 Å². The summed E-state index contributed by atoms with van der Waals surface area (Å²) >= 11 is 0. The number of phenols is 1. The van der Waals surface area contributed by atoms with Gasteiger partial charge in [0.25, 0.3) is 0 Å². The van der Waals surface area contributed by atoms with E-state index >= 15 is 0 Å². The highest BCUT2D eigenvalue weighted by molar-refractivity contribution is 5.40. The Balaban J connectivity index is 1.31. The summed E-state index contributed by atoms with van der Waals surface area (Å²) in [6, 6.07) is 6.16. The zero-order valence-corrected chi connectivity index (χ0v) is 18.9. The molecule has 4 aliphatic rings. The second-order valence-electron chi connectivity index (χ2n) is 11.2. The van der Waals surface area contributed by atoms with E-state index in [1.807, 2.05) is 12.1 Å². The normalized spacial score (nSPS) is 38.3. The third-order valence-corrected chi connectivity index (χ3v) is 9.53. The molecule has 0 spiro atoms. The van der Waals surface area contributed by atoms with Crippen molar-refractivity contribution in [2.24, 2.45) is 23.2 Å². The Morgan fingerprint density at radius 2 is 1.90 bits per heavy atom. The minimum absolute atomic E-state index is 0.109. The van der Waals surface area contributed by atoms with Crippen molar-refractivity contribution >= 4 is 0 Å². The minimum atomic E-state index is -0.109. The van der Waals surface area contributed by atoms with Crippen molar-refractivity contribution in [2.45, 2.75) is 89.6 Å². The van der Waals surface area contributed by atoms with Crippen molar-refractivity contribution in [1.82, 2.24) is 4.90 Å². The van der Waals surface area contributed by atoms with Crippen LogP contribution in [0.4, 0.5) is 0 Å². The highest BCUT2D eigenvalue weighted by atomic mass is 16.3. The SMILES string of the molecule is CC12C[C@H](CCCCCN3CCCC3)C3c4ccc(O)cc4CCC3C1CCC2O. The van der Waals surface area contributed by atoms with Crippen LogP contribution in [0.15, 0.2) is 18.2 Å². The number of aliphatic hydroxyl groups excluding tert-OH is 1. The van der Waals surface area contributed by atoms with Gasteiger partial charge in [-0.15, -0.1) is 0 Å². The standard InChI is InChI=1S/C27H41NO2/c1-27-18-20(7-3-2-4-14-28-15-5-6-16-28)26-22-11-9-21(29)17-19(22)8-10-23(26)24(27)12-13-25(27)30/h9,11,17,20,23-26,29-30H,2-8,10,12-16,18H2,1H3/t20-,23?,24?,25?,26?,27?/m0/s1. The Hall–Kier alpha value is -1.06. The Morgan fingerprint density at radius 3 is 2.73 bits per heavy atom. The minimum Gasteiger partial charge on any atom is -0.508 e. The number of hydrogen-bond acceptors (Lipinski definition) is 3. The number of nitrogens with zero attached hydrogens (tertiary/aromatic N) is 1. The first-order chi connectivity index (χ1) is 14.6. The molecule has 1 aromatic rings. The molecule has 0 aromatic heterocycles. The van der Waals surface area contributed by atoms with E-state index in [1.165, 1.54) is 88.5 Å². The molecule has 1 heterocycles. The number of benzene rings is 1. The van der Waals surface area contributed by atoms with E-state index in [9.17, 15) is 10.2 Å². The fraction of sp³-hybridized carbons (Fsp3) is 0.778. The fourth-order valence-electron chi connectivity index (χ4n) is 8.05. The average molecular weight is 412 g/mol. The summed E-state index contributed by atoms with van der Waals surface area (Å²) in [6.45, 7) is 6.32. The largest absolute Gasteiger partial charge is 0.508 e. The molecule has 6 atom stereocenters. The molecular formula is C27H41NO2. The van der Waals surface area contributed by atoms with E-state index in [0.717, 1.165) is 12.8 Å². The molecule has 166 valence electrons. The monoisotopic (exact) mass is 411 g/mol. The lowest BCUT2D eigenvalue weighted by atomic mass is 9.51. The van der Waals surface area contributed by atoms with Crippen LogP contribution in [0.5, 0.6) is 5.75 Å². The molecule has 30 heavy (non-hydrogen) atoms. The van der Waals surface area contributed by atoms with Crippen LogP contribution < -0.4 is 0 Å². The van der Waals surface area contributed by atoms with E-state index in [0.29, 0.717) is 29.4 Å². The summed E-state index contributed by atoms with van der Waals surface area (Å²) in [4.78, 5) is 2.64. The zero-order chi connectivity index (χ0) is 20.7. The lowest BCUT2D eigenvalue weighted by molar-refractivity contribution is -0.0501. The number of likely N-dealkylation sites (tertiary alicyclic amines) is 1. The number of hydrogen-bond donors (Lipinski definition) is 2. The number of aliphatic hydroxyl groups is 1. The van der Waals surface area contributed by atoms with Crippen LogP contribution in [0.25, 0.3) is 0 Å². The number of unbranched alkanes of at least 4 members (excludes halogenated alkanes) is 2. The third kappa shape index (κ3) is 3.71. The molecule has 2 N–H and O–H groups in total. The number of fused-ring (bicyclic) bond motifs is 5. The molecule has 1 aromatic carbocycles. The molecule has 0 amide bonds. The van der Waals surface area contributed by atoms with Crippen LogP contribution in [-0.2, 0) is 6.42 Å². The van der Waals surface area contributed by atoms with Crippen molar-refractivity contribution in [3.63, 3.8) is 0 Å². The summed E-state index contributed by atoms with van der Waals surface area (Å²) < 4.78 is 0. The van der Waals surface area contributed by atoms with Gasteiger partial charge in [-0.1, -0.05) is 25.8 Å². The van der Waals surface area contributed by atoms with Gasteiger partial charge in [0.1, 0.15) is 5.75 Å². The summed E-state index contributed by atoms with van der Waals surface area (Å²) in [5.41, 5.74) is 3.03. The van der Waals surface area contributed by atoms with Crippen LogP contribution in [0.1, 0.15) is 88.2 Å². The van der Waals surface area contributed by atoms with Gasteiger partial charge in [0.15, 0.2) is 0 Å². The van der Waals surface area contributed by atoms with Crippen LogP contribution in [0.3, 0.4) is 0 Å². The second kappa shape index (κ2) is 8.47. The summed E-state index contributed by atoms with van der Waals surface area (Å²) in [5.74, 6) is 3.12. The smallest absolute Gasteiger partial charge is 0.115 e. The second-order valence-corrected chi connectivity index (χ2v) is 11.2. The molecule has 3 fully saturated rings. The molecule has 5 rings (SSSR count). The van der Waals surface area contributed by atoms with Crippen LogP contribution >= 0.6 is 0 Å². The van der Waals surface area contributed by atoms with Crippen LogP contribution in [0, 0.1) is 23.2 Å². The van der Waals surface area contributed by atoms with Crippen molar-refractivity contribution < 1.29 is 10.2 Å². The number of rotatable bonds is 6. The van der Waals surface area contributed by atoms with Gasteiger partial charge in [-0.25, -0.2) is 0 Å². The predicted octanol–water partition coefficient (Wildman–Crippen LogP) is 5.49. The topological polar surface area (TPSA) is 43.7 Å². The first kappa shape index (κ1) is 20.8. The Kier molecular flexibility index (Phi) is 5.88. The average Bonchev–Trinajstić information content (AvgIpc) is 3.35. The molecule has 1 aliphatic heterocycles. The maximum atomic E-state index is 10.9. The van der Waals surface area contributed by atoms with E-state index in [-0.39, 0.29) is 11.5 Å². The van der Waals surface area contributed by atoms with E-state index < -0.39 is 0 Å². The van der Waals surface area contributed by atoms with Gasteiger partial charge in [0.2, 0.25) is 0 Å². The first-order valence-corrected chi connectivity index (χ1v) is 12.8. The molecule has 2 saturated carbocycles. The summed E-state index contributed by atoms with van der Waals surface area (Å²) in [6.07, 6.45) is 13.7. The maximum absolute atomic E-state index is 10.9. The Labute approximate surface area is 182 Å². The first-order valence-electron chi connectivity index (χ1n) is 12.8. The fourth-order valence-corrected chi connectivity index (χ4v) is 8.05. The lowest BCUT2D eigenvalue weighted by Crippen LogP contribution is -2.47. The van der Waals surface area contributed by atoms with E-state index in [1.54, 1.807) is 0 Å². The molecule has 0 radical (unpaired) electrons. The highest BCUT2D eigenvalue weighted by Crippen LogP contribution is 2.63. The molecule has 3 nitrogen and oxygen atoms in total. The van der Waals surface area contributed by atoms with Gasteiger partial charge in [-0.05, 0) is 130 Å². The van der Waals surface area contributed by atoms with E-state index in [2.05, 4.69) is 17.9 Å². The van der Waals surface area contributed by atoms with Crippen LogP contribution in [-0.4, -0.2) is 40.9 Å². The number of aromatic hydroxyl groups is 1. The van der Waals surface area contributed by atoms with Gasteiger partial charge in [-0.2, -0.15) is 0 Å². The van der Waals surface area contributed by atoms with Crippen molar-refractivity contribution in [2.75, 3.05) is 19.6 Å². The van der Waals surface area contributed by atoms with Gasteiger partial charge >= 0.3 is 0 Å². The molecular weight excluding hydrogens is 370 g/mol. The predicted molar refractivity (Wildman–Crippen MR) is 122 cm³/mol. The number of aryl methyl sites for hydroxylation is 1. The highest BCUT2D eigenvalue weighted by Gasteiger charge is 2.57. The Morgan fingerprint density at radius 1 is 1.07 bits per heavy atom. The molecule has 1 saturated heterocycles. The lowest BCUT2D eigenvalue weighted by Gasteiger charge is -2.54.